The Balaban J connectivity index is 2.06. The normalized spacial score (nSPS) is 34.4. The minimum absolute atomic E-state index is 0.117. The van der Waals surface area contributed by atoms with E-state index in [1.165, 1.54) is 0 Å². The summed E-state index contributed by atoms with van der Waals surface area (Å²) in [5, 5.41) is -0.117. The monoisotopic (exact) mass is 246 g/mol. The van der Waals surface area contributed by atoms with Crippen molar-refractivity contribution in [3.05, 3.63) is 0 Å². The van der Waals surface area contributed by atoms with Crippen molar-refractivity contribution < 1.29 is 8.42 Å². The van der Waals surface area contributed by atoms with Gasteiger partial charge < -0.3 is 5.73 Å². The Hall–Kier alpha value is -0.130. The Kier molecular flexibility index (Phi) is 3.56. The van der Waals surface area contributed by atoms with Crippen LogP contribution in [0.15, 0.2) is 0 Å². The summed E-state index contributed by atoms with van der Waals surface area (Å²) >= 11 is 0. The van der Waals surface area contributed by atoms with Gasteiger partial charge in [-0.1, -0.05) is 19.8 Å². The number of sulfonamides is 1. The third-order valence-corrected chi connectivity index (χ3v) is 6.38. The van der Waals surface area contributed by atoms with Crippen molar-refractivity contribution in [1.82, 2.24) is 4.31 Å². The molecule has 1 heterocycles. The minimum Gasteiger partial charge on any atom is -0.327 e. The molecule has 1 aliphatic carbocycles. The van der Waals surface area contributed by atoms with E-state index in [0.29, 0.717) is 13.1 Å². The highest BCUT2D eigenvalue weighted by Gasteiger charge is 2.37. The van der Waals surface area contributed by atoms with Gasteiger partial charge in [-0.2, -0.15) is 0 Å². The van der Waals surface area contributed by atoms with E-state index in [1.54, 1.807) is 4.31 Å². The molecule has 1 aliphatic heterocycles. The lowest BCUT2D eigenvalue weighted by Crippen LogP contribution is -2.50. The van der Waals surface area contributed by atoms with Gasteiger partial charge in [0, 0.05) is 19.1 Å². The van der Waals surface area contributed by atoms with Crippen molar-refractivity contribution >= 4 is 10.0 Å². The van der Waals surface area contributed by atoms with Crippen molar-refractivity contribution in [3.63, 3.8) is 0 Å². The van der Waals surface area contributed by atoms with Crippen LogP contribution in [0.4, 0.5) is 0 Å². The molecule has 0 bridgehead atoms. The van der Waals surface area contributed by atoms with Gasteiger partial charge in [0.1, 0.15) is 0 Å². The van der Waals surface area contributed by atoms with Crippen LogP contribution in [0.5, 0.6) is 0 Å². The first-order valence-corrected chi connectivity index (χ1v) is 7.76. The predicted molar refractivity (Wildman–Crippen MR) is 64.5 cm³/mol. The molecular weight excluding hydrogens is 224 g/mol. The molecule has 5 heteroatoms. The van der Waals surface area contributed by atoms with Gasteiger partial charge in [0.25, 0.3) is 0 Å². The van der Waals surface area contributed by atoms with E-state index >= 15 is 0 Å². The Morgan fingerprint density at radius 2 is 1.81 bits per heavy atom. The highest BCUT2D eigenvalue weighted by molar-refractivity contribution is 7.89. The lowest BCUT2D eigenvalue weighted by Gasteiger charge is -2.35. The molecule has 1 saturated carbocycles. The quantitative estimate of drug-likeness (QED) is 0.788. The maximum atomic E-state index is 12.3. The third-order valence-electron chi connectivity index (χ3n) is 4.02. The van der Waals surface area contributed by atoms with Crippen molar-refractivity contribution in [1.29, 1.82) is 0 Å². The van der Waals surface area contributed by atoms with Gasteiger partial charge in [0.15, 0.2) is 0 Å². The fourth-order valence-electron chi connectivity index (χ4n) is 2.75. The number of nitrogens with zero attached hydrogens (tertiary/aromatic N) is 1. The Morgan fingerprint density at radius 3 is 2.38 bits per heavy atom. The minimum atomic E-state index is -3.04. The first-order valence-electron chi connectivity index (χ1n) is 6.26. The van der Waals surface area contributed by atoms with Gasteiger partial charge in [-0.25, -0.2) is 12.7 Å². The summed E-state index contributed by atoms with van der Waals surface area (Å²) in [6.45, 7) is 3.27. The zero-order chi connectivity index (χ0) is 11.8. The molecule has 0 radical (unpaired) electrons. The molecule has 0 aromatic carbocycles. The molecule has 2 rings (SSSR count). The highest BCUT2D eigenvalue weighted by Crippen LogP contribution is 2.29. The van der Waals surface area contributed by atoms with Gasteiger partial charge in [-0.05, 0) is 25.2 Å². The third kappa shape index (κ3) is 2.26. The molecule has 0 spiro atoms. The molecule has 0 aromatic rings. The lowest BCUT2D eigenvalue weighted by molar-refractivity contribution is 0.248. The lowest BCUT2D eigenvalue weighted by atomic mass is 9.96. The summed E-state index contributed by atoms with van der Waals surface area (Å²) in [5.41, 5.74) is 5.92. The fraction of sp³-hybridized carbons (Fsp3) is 1.00. The Bertz CT molecular complexity index is 336. The van der Waals surface area contributed by atoms with E-state index < -0.39 is 10.0 Å². The van der Waals surface area contributed by atoms with Crippen LogP contribution in [0, 0.1) is 5.92 Å². The Morgan fingerprint density at radius 1 is 1.19 bits per heavy atom. The van der Waals surface area contributed by atoms with Gasteiger partial charge in [0.05, 0.1) is 5.25 Å². The molecule has 2 fully saturated rings. The summed E-state index contributed by atoms with van der Waals surface area (Å²) in [6.07, 6.45) is 4.62. The molecular formula is C11H22N2O2S. The zero-order valence-corrected chi connectivity index (χ0v) is 10.7. The molecule has 2 unspecified atom stereocenters. The number of nitrogens with two attached hydrogens (primary N) is 1. The second-order valence-corrected chi connectivity index (χ2v) is 7.45. The Labute approximate surface area is 98.2 Å². The summed E-state index contributed by atoms with van der Waals surface area (Å²) in [5.74, 6) is 0.282. The van der Waals surface area contributed by atoms with Crippen molar-refractivity contribution in [3.8, 4) is 0 Å². The van der Waals surface area contributed by atoms with Crippen LogP contribution in [0.25, 0.3) is 0 Å². The molecule has 0 aromatic heterocycles. The molecule has 16 heavy (non-hydrogen) atoms. The number of rotatable bonds is 2. The standard InChI is InChI=1S/C11H22N2O2S/c1-9-8-13(7-6-11(9)12)16(14,15)10-4-2-3-5-10/h9-11H,2-8,12H2,1H3. The molecule has 2 atom stereocenters. The van der Waals surface area contributed by atoms with Crippen LogP contribution in [-0.2, 0) is 10.0 Å². The van der Waals surface area contributed by atoms with E-state index in [4.69, 9.17) is 5.73 Å². The van der Waals surface area contributed by atoms with Crippen LogP contribution < -0.4 is 5.73 Å². The van der Waals surface area contributed by atoms with Gasteiger partial charge in [-0.15, -0.1) is 0 Å². The van der Waals surface area contributed by atoms with Crippen molar-refractivity contribution in [2.24, 2.45) is 11.7 Å². The van der Waals surface area contributed by atoms with E-state index in [2.05, 4.69) is 0 Å². The highest BCUT2D eigenvalue weighted by atomic mass is 32.2. The second kappa shape index (κ2) is 4.63. The van der Waals surface area contributed by atoms with E-state index in [0.717, 1.165) is 32.1 Å². The molecule has 0 amide bonds. The topological polar surface area (TPSA) is 63.4 Å². The maximum absolute atomic E-state index is 12.3. The average Bonchev–Trinajstić information content (AvgIpc) is 2.75. The summed E-state index contributed by atoms with van der Waals surface area (Å²) < 4.78 is 26.3. The SMILES string of the molecule is CC1CN(S(=O)(=O)C2CCCC2)CCC1N. The van der Waals surface area contributed by atoms with Crippen molar-refractivity contribution in [2.75, 3.05) is 13.1 Å². The summed E-state index contributed by atoms with van der Waals surface area (Å²) in [4.78, 5) is 0. The number of piperidine rings is 1. The first-order chi connectivity index (χ1) is 7.51. The smallest absolute Gasteiger partial charge is 0.216 e. The number of hydrogen-bond donors (Lipinski definition) is 1. The van der Waals surface area contributed by atoms with Gasteiger partial charge >= 0.3 is 0 Å². The average molecular weight is 246 g/mol. The molecule has 94 valence electrons. The summed E-state index contributed by atoms with van der Waals surface area (Å²) in [6, 6.07) is 0.162. The molecule has 4 nitrogen and oxygen atoms in total. The van der Waals surface area contributed by atoms with E-state index in [-0.39, 0.29) is 17.2 Å². The molecule has 1 saturated heterocycles. The zero-order valence-electron chi connectivity index (χ0n) is 9.93. The maximum Gasteiger partial charge on any atom is 0.216 e. The van der Waals surface area contributed by atoms with Crippen LogP contribution in [-0.4, -0.2) is 37.1 Å². The van der Waals surface area contributed by atoms with Crippen LogP contribution in [0.1, 0.15) is 39.0 Å². The van der Waals surface area contributed by atoms with E-state index in [9.17, 15) is 8.42 Å². The van der Waals surface area contributed by atoms with Crippen molar-refractivity contribution in [2.45, 2.75) is 50.3 Å². The van der Waals surface area contributed by atoms with Crippen LogP contribution >= 0.6 is 0 Å². The first kappa shape index (κ1) is 12.3. The molecule has 2 aliphatic rings. The van der Waals surface area contributed by atoms with Crippen LogP contribution in [0.2, 0.25) is 0 Å². The molecule has 2 N–H and O–H groups in total. The second-order valence-electron chi connectivity index (χ2n) is 5.24. The number of hydrogen-bond acceptors (Lipinski definition) is 3. The predicted octanol–water partition coefficient (Wildman–Crippen LogP) is 0.928. The summed E-state index contributed by atoms with van der Waals surface area (Å²) in [7, 11) is -3.04. The largest absolute Gasteiger partial charge is 0.327 e. The van der Waals surface area contributed by atoms with Crippen LogP contribution in [0.3, 0.4) is 0 Å². The van der Waals surface area contributed by atoms with E-state index in [1.807, 2.05) is 6.92 Å². The van der Waals surface area contributed by atoms with Gasteiger partial charge in [-0.3, -0.25) is 0 Å². The van der Waals surface area contributed by atoms with Gasteiger partial charge in [0.2, 0.25) is 10.0 Å². The fourth-order valence-corrected chi connectivity index (χ4v) is 4.91.